The number of aliphatic imine (C=N–C) groups is 1. The van der Waals surface area contributed by atoms with Crippen LogP contribution in [0.2, 0.25) is 0 Å². The zero-order valence-electron chi connectivity index (χ0n) is 17.6. The molecule has 29 heavy (non-hydrogen) atoms. The quantitative estimate of drug-likeness (QED) is 0.324. The molecule has 1 aromatic heterocycles. The highest BCUT2D eigenvalue weighted by molar-refractivity contribution is 14.0. The second kappa shape index (κ2) is 12.8. The second-order valence-electron chi connectivity index (χ2n) is 7.24. The van der Waals surface area contributed by atoms with Gasteiger partial charge in [-0.25, -0.2) is 4.99 Å². The van der Waals surface area contributed by atoms with E-state index in [2.05, 4.69) is 63.8 Å². The molecule has 1 saturated heterocycles. The minimum atomic E-state index is 0. The third-order valence-corrected chi connectivity index (χ3v) is 5.09. The van der Waals surface area contributed by atoms with Crippen LogP contribution >= 0.6 is 24.0 Å². The molecule has 1 fully saturated rings. The number of rotatable bonds is 8. The first kappa shape index (κ1) is 23.6. The summed E-state index contributed by atoms with van der Waals surface area (Å²) in [5.41, 5.74) is 2.61. The lowest BCUT2D eigenvalue weighted by atomic mass is 10.1. The van der Waals surface area contributed by atoms with Gasteiger partial charge in [0.1, 0.15) is 6.33 Å². The van der Waals surface area contributed by atoms with Crippen molar-refractivity contribution in [1.82, 2.24) is 30.3 Å². The number of likely N-dealkylation sites (tertiary alicyclic amines) is 1. The van der Waals surface area contributed by atoms with Gasteiger partial charge in [-0.1, -0.05) is 30.7 Å². The molecule has 2 aromatic rings. The fourth-order valence-electron chi connectivity index (χ4n) is 3.48. The molecule has 160 valence electrons. The maximum absolute atomic E-state index is 4.71. The lowest BCUT2D eigenvalue weighted by molar-refractivity contribution is 0.221. The third kappa shape index (κ3) is 7.58. The maximum atomic E-state index is 4.71. The summed E-state index contributed by atoms with van der Waals surface area (Å²) in [6, 6.07) is 8.87. The molecule has 0 radical (unpaired) electrons. The summed E-state index contributed by atoms with van der Waals surface area (Å²) in [6.45, 7) is 10.6. The van der Waals surface area contributed by atoms with E-state index >= 15 is 0 Å². The molecular weight excluding hydrogens is 477 g/mol. The van der Waals surface area contributed by atoms with E-state index in [0.717, 1.165) is 31.4 Å². The summed E-state index contributed by atoms with van der Waals surface area (Å²) in [4.78, 5) is 7.27. The van der Waals surface area contributed by atoms with E-state index in [1.807, 2.05) is 4.57 Å². The van der Waals surface area contributed by atoms with Gasteiger partial charge in [-0.05, 0) is 50.9 Å². The van der Waals surface area contributed by atoms with Crippen molar-refractivity contribution in [2.45, 2.75) is 59.3 Å². The molecule has 2 N–H and O–H groups in total. The van der Waals surface area contributed by atoms with Gasteiger partial charge < -0.3 is 15.2 Å². The van der Waals surface area contributed by atoms with Crippen molar-refractivity contribution >= 4 is 29.9 Å². The topological polar surface area (TPSA) is 70.4 Å². The van der Waals surface area contributed by atoms with Crippen LogP contribution in [0.25, 0.3) is 0 Å². The number of aromatic nitrogens is 3. The fourth-order valence-corrected chi connectivity index (χ4v) is 3.48. The van der Waals surface area contributed by atoms with Gasteiger partial charge >= 0.3 is 0 Å². The number of hydrogen-bond donors (Lipinski definition) is 2. The number of nitrogens with one attached hydrogen (secondary N) is 2. The van der Waals surface area contributed by atoms with Crippen LogP contribution in [0.15, 0.2) is 35.6 Å². The Morgan fingerprint density at radius 3 is 2.45 bits per heavy atom. The molecule has 1 aromatic carbocycles. The molecule has 7 nitrogen and oxygen atoms in total. The van der Waals surface area contributed by atoms with Crippen LogP contribution < -0.4 is 10.6 Å². The van der Waals surface area contributed by atoms with E-state index in [1.165, 1.54) is 43.5 Å². The number of guanidine groups is 1. The molecule has 0 saturated carbocycles. The molecule has 1 aliphatic heterocycles. The Morgan fingerprint density at radius 2 is 1.76 bits per heavy atom. The predicted octanol–water partition coefficient (Wildman–Crippen LogP) is 3.16. The average Bonchev–Trinajstić information content (AvgIpc) is 3.19. The van der Waals surface area contributed by atoms with Gasteiger partial charge in [-0.15, -0.1) is 34.2 Å². The standard InChI is InChI=1S/C21H33N7.HI/c1-3-22-21(24-15-20-26-25-17-28(20)4-2)23-14-18-8-10-19(11-9-18)16-27-12-6-5-7-13-27;/h8-11,17H,3-7,12-16H2,1-2H3,(H2,22,23,24);1H. The van der Waals surface area contributed by atoms with Crippen LogP contribution in [0.4, 0.5) is 0 Å². The van der Waals surface area contributed by atoms with E-state index in [-0.39, 0.29) is 24.0 Å². The monoisotopic (exact) mass is 511 g/mol. The van der Waals surface area contributed by atoms with Gasteiger partial charge in [0.15, 0.2) is 11.8 Å². The molecule has 0 aliphatic carbocycles. The van der Waals surface area contributed by atoms with Crippen molar-refractivity contribution in [1.29, 1.82) is 0 Å². The van der Waals surface area contributed by atoms with Crippen molar-refractivity contribution in [2.24, 2.45) is 4.99 Å². The molecule has 3 rings (SSSR count). The van der Waals surface area contributed by atoms with Gasteiger partial charge in [0.25, 0.3) is 0 Å². The van der Waals surface area contributed by atoms with Crippen LogP contribution in [-0.4, -0.2) is 45.3 Å². The molecule has 8 heteroatoms. The molecule has 1 aliphatic rings. The highest BCUT2D eigenvalue weighted by atomic mass is 127. The number of halogens is 1. The Labute approximate surface area is 191 Å². The first-order valence-corrected chi connectivity index (χ1v) is 10.5. The molecule has 0 amide bonds. The van der Waals surface area contributed by atoms with Crippen LogP contribution in [0.5, 0.6) is 0 Å². The molecule has 0 atom stereocenters. The largest absolute Gasteiger partial charge is 0.357 e. The first-order valence-electron chi connectivity index (χ1n) is 10.5. The fraction of sp³-hybridized carbons (Fsp3) is 0.571. The Bertz CT molecular complexity index is 736. The SMILES string of the molecule is CCNC(=NCc1ccc(CN2CCCCC2)cc1)NCc1nncn1CC.I. The van der Waals surface area contributed by atoms with Crippen molar-refractivity contribution in [3.63, 3.8) is 0 Å². The summed E-state index contributed by atoms with van der Waals surface area (Å²) in [5.74, 6) is 1.71. The number of benzene rings is 1. The van der Waals surface area contributed by atoms with Crippen molar-refractivity contribution in [3.05, 3.63) is 47.5 Å². The predicted molar refractivity (Wildman–Crippen MR) is 128 cm³/mol. The third-order valence-electron chi connectivity index (χ3n) is 5.09. The maximum Gasteiger partial charge on any atom is 0.191 e. The number of piperidine rings is 1. The van der Waals surface area contributed by atoms with E-state index in [0.29, 0.717) is 13.1 Å². The van der Waals surface area contributed by atoms with E-state index in [4.69, 9.17) is 4.99 Å². The molecule has 2 heterocycles. The Kier molecular flexibility index (Phi) is 10.4. The Morgan fingerprint density at radius 1 is 1.03 bits per heavy atom. The number of nitrogens with zero attached hydrogens (tertiary/aromatic N) is 5. The van der Waals surface area contributed by atoms with Gasteiger partial charge in [-0.2, -0.15) is 0 Å². The summed E-state index contributed by atoms with van der Waals surface area (Å²) in [7, 11) is 0. The zero-order valence-corrected chi connectivity index (χ0v) is 19.9. The molecule has 0 spiro atoms. The number of hydrogen-bond acceptors (Lipinski definition) is 4. The first-order chi connectivity index (χ1) is 13.8. The molecule has 0 bridgehead atoms. The zero-order chi connectivity index (χ0) is 19.6. The highest BCUT2D eigenvalue weighted by Crippen LogP contribution is 2.14. The van der Waals surface area contributed by atoms with Gasteiger partial charge in [0.05, 0.1) is 13.1 Å². The number of aryl methyl sites for hydroxylation is 1. The van der Waals surface area contributed by atoms with E-state index < -0.39 is 0 Å². The van der Waals surface area contributed by atoms with Crippen LogP contribution in [0.1, 0.15) is 50.1 Å². The summed E-state index contributed by atoms with van der Waals surface area (Å²) < 4.78 is 2.03. The van der Waals surface area contributed by atoms with Crippen molar-refractivity contribution in [3.8, 4) is 0 Å². The minimum Gasteiger partial charge on any atom is -0.357 e. The van der Waals surface area contributed by atoms with Crippen LogP contribution in [0.3, 0.4) is 0 Å². The minimum absolute atomic E-state index is 0. The lowest BCUT2D eigenvalue weighted by Crippen LogP contribution is -2.37. The Balaban J connectivity index is 0.00000300. The van der Waals surface area contributed by atoms with Gasteiger partial charge in [-0.3, -0.25) is 4.90 Å². The lowest BCUT2D eigenvalue weighted by Gasteiger charge is -2.26. The van der Waals surface area contributed by atoms with Crippen LogP contribution in [0, 0.1) is 0 Å². The van der Waals surface area contributed by atoms with E-state index in [1.54, 1.807) is 6.33 Å². The molecular formula is C21H34IN7. The smallest absolute Gasteiger partial charge is 0.191 e. The average molecular weight is 511 g/mol. The van der Waals surface area contributed by atoms with Crippen molar-refractivity contribution in [2.75, 3.05) is 19.6 Å². The Hall–Kier alpha value is -1.68. The van der Waals surface area contributed by atoms with Gasteiger partial charge in [0, 0.05) is 19.6 Å². The summed E-state index contributed by atoms with van der Waals surface area (Å²) in [6.07, 6.45) is 5.81. The van der Waals surface area contributed by atoms with Crippen LogP contribution in [-0.2, 0) is 26.2 Å². The van der Waals surface area contributed by atoms with E-state index in [9.17, 15) is 0 Å². The second-order valence-corrected chi connectivity index (χ2v) is 7.24. The highest BCUT2D eigenvalue weighted by Gasteiger charge is 2.10. The van der Waals surface area contributed by atoms with Crippen molar-refractivity contribution < 1.29 is 0 Å². The summed E-state index contributed by atoms with van der Waals surface area (Å²) >= 11 is 0. The summed E-state index contributed by atoms with van der Waals surface area (Å²) in [5, 5.41) is 14.8. The normalized spacial score (nSPS) is 15.0. The molecule has 0 unspecified atom stereocenters. The van der Waals surface area contributed by atoms with Gasteiger partial charge in [0.2, 0.25) is 0 Å².